The fraction of sp³-hybridized carbons (Fsp3) is 0.115. The molecular formula is C26H19Cl2NO5S. The molecule has 9 heteroatoms. The highest BCUT2D eigenvalue weighted by Gasteiger charge is 2.35. The van der Waals surface area contributed by atoms with E-state index in [0.29, 0.717) is 33.5 Å². The Morgan fingerprint density at radius 1 is 0.971 bits per heavy atom. The molecule has 178 valence electrons. The third kappa shape index (κ3) is 6.06. The number of hydrogen-bond acceptors (Lipinski definition) is 6. The predicted molar refractivity (Wildman–Crippen MR) is 137 cm³/mol. The molecule has 2 amide bonds. The van der Waals surface area contributed by atoms with Crippen molar-refractivity contribution >= 4 is 58.2 Å². The van der Waals surface area contributed by atoms with Gasteiger partial charge in [0.2, 0.25) is 0 Å². The van der Waals surface area contributed by atoms with Crippen LogP contribution in [-0.2, 0) is 11.3 Å². The molecule has 0 aliphatic carbocycles. The second-order valence-corrected chi connectivity index (χ2v) is 9.30. The smallest absolute Gasteiger partial charge is 0.343 e. The summed E-state index contributed by atoms with van der Waals surface area (Å²) in [6.07, 6.45) is 1.61. The zero-order valence-electron chi connectivity index (χ0n) is 18.5. The number of nitrogens with zero attached hydrogens (tertiary/aromatic N) is 1. The minimum Gasteiger partial charge on any atom is -0.490 e. The monoisotopic (exact) mass is 527 g/mol. The van der Waals surface area contributed by atoms with E-state index >= 15 is 0 Å². The summed E-state index contributed by atoms with van der Waals surface area (Å²) in [6.45, 7) is 2.27. The first-order chi connectivity index (χ1) is 16.8. The lowest BCUT2D eigenvalue weighted by molar-refractivity contribution is -0.123. The van der Waals surface area contributed by atoms with Gasteiger partial charge in [-0.3, -0.25) is 14.5 Å². The van der Waals surface area contributed by atoms with Crippen molar-refractivity contribution in [2.24, 2.45) is 0 Å². The Morgan fingerprint density at radius 3 is 2.46 bits per heavy atom. The SMILES string of the molecule is CCOc1cc(/C=C2\SC(=O)N(Cc3cccc(Cl)c3)C2=O)ccc1OC(=O)c1ccc(Cl)cc1. The largest absolute Gasteiger partial charge is 0.490 e. The molecule has 0 bridgehead atoms. The second-order valence-electron chi connectivity index (χ2n) is 7.43. The van der Waals surface area contributed by atoms with Crippen molar-refractivity contribution in [2.45, 2.75) is 13.5 Å². The van der Waals surface area contributed by atoms with Crippen LogP contribution in [0, 0.1) is 0 Å². The third-order valence-corrected chi connectivity index (χ3v) is 6.35. The van der Waals surface area contributed by atoms with Crippen LogP contribution in [-0.4, -0.2) is 28.6 Å². The lowest BCUT2D eigenvalue weighted by Gasteiger charge is -2.13. The summed E-state index contributed by atoms with van der Waals surface area (Å²) in [4.78, 5) is 39.3. The van der Waals surface area contributed by atoms with Gasteiger partial charge in [0.1, 0.15) is 0 Å². The maximum Gasteiger partial charge on any atom is 0.343 e. The number of carbonyl (C=O) groups is 3. The van der Waals surface area contributed by atoms with Crippen LogP contribution >= 0.6 is 35.0 Å². The Hall–Kier alpha value is -3.26. The average molecular weight is 528 g/mol. The van der Waals surface area contributed by atoms with Crippen molar-refractivity contribution in [3.63, 3.8) is 0 Å². The highest BCUT2D eigenvalue weighted by Crippen LogP contribution is 2.35. The molecule has 3 aromatic carbocycles. The Balaban J connectivity index is 1.53. The van der Waals surface area contributed by atoms with Gasteiger partial charge in [0.05, 0.1) is 23.6 Å². The van der Waals surface area contributed by atoms with Gasteiger partial charge in [-0.1, -0.05) is 41.4 Å². The predicted octanol–water partition coefficient (Wildman–Crippen LogP) is 6.85. The van der Waals surface area contributed by atoms with Crippen molar-refractivity contribution in [3.8, 4) is 11.5 Å². The van der Waals surface area contributed by atoms with Crippen molar-refractivity contribution in [1.29, 1.82) is 0 Å². The summed E-state index contributed by atoms with van der Waals surface area (Å²) in [7, 11) is 0. The molecule has 0 saturated carbocycles. The van der Waals surface area contributed by atoms with Crippen LogP contribution in [0.4, 0.5) is 4.79 Å². The number of imide groups is 1. The lowest BCUT2D eigenvalue weighted by Crippen LogP contribution is -2.27. The first-order valence-corrected chi connectivity index (χ1v) is 12.2. The van der Waals surface area contributed by atoms with Crippen LogP contribution in [0.15, 0.2) is 71.6 Å². The fourth-order valence-corrected chi connectivity index (χ4v) is 4.49. The van der Waals surface area contributed by atoms with E-state index in [1.807, 2.05) is 0 Å². The number of hydrogen-bond donors (Lipinski definition) is 0. The minimum absolute atomic E-state index is 0.131. The van der Waals surface area contributed by atoms with E-state index in [9.17, 15) is 14.4 Å². The molecule has 35 heavy (non-hydrogen) atoms. The van der Waals surface area contributed by atoms with E-state index < -0.39 is 11.9 Å². The van der Waals surface area contributed by atoms with Crippen molar-refractivity contribution in [3.05, 3.63) is 98.4 Å². The average Bonchev–Trinajstić information content (AvgIpc) is 3.08. The number of rotatable bonds is 7. The molecule has 6 nitrogen and oxygen atoms in total. The molecule has 1 aliphatic heterocycles. The number of esters is 1. The molecule has 1 saturated heterocycles. The quantitative estimate of drug-likeness (QED) is 0.190. The summed E-state index contributed by atoms with van der Waals surface area (Å²) >= 11 is 12.7. The summed E-state index contributed by atoms with van der Waals surface area (Å²) in [5.41, 5.74) is 1.72. The van der Waals surface area contributed by atoms with Crippen molar-refractivity contribution in [2.75, 3.05) is 6.61 Å². The summed E-state index contributed by atoms with van der Waals surface area (Å²) < 4.78 is 11.2. The van der Waals surface area contributed by atoms with Crippen molar-refractivity contribution in [1.82, 2.24) is 4.90 Å². The summed E-state index contributed by atoms with van der Waals surface area (Å²) in [6, 6.07) is 18.3. The maximum absolute atomic E-state index is 12.9. The molecule has 0 aromatic heterocycles. The van der Waals surface area contributed by atoms with Gasteiger partial charge in [-0.2, -0.15) is 0 Å². The van der Waals surface area contributed by atoms with E-state index in [0.717, 1.165) is 17.3 Å². The van der Waals surface area contributed by atoms with Crippen LogP contribution in [0.1, 0.15) is 28.4 Å². The van der Waals surface area contributed by atoms with Crippen LogP contribution < -0.4 is 9.47 Å². The third-order valence-electron chi connectivity index (χ3n) is 4.95. The highest BCUT2D eigenvalue weighted by molar-refractivity contribution is 8.18. The van der Waals surface area contributed by atoms with Crippen LogP contribution in [0.3, 0.4) is 0 Å². The molecule has 0 atom stereocenters. The van der Waals surface area contributed by atoms with E-state index in [-0.39, 0.29) is 22.4 Å². The number of benzene rings is 3. The Kier molecular flexibility index (Phi) is 7.80. The molecule has 0 radical (unpaired) electrons. The van der Waals surface area contributed by atoms with E-state index in [1.54, 1.807) is 79.7 Å². The second kappa shape index (κ2) is 11.0. The molecule has 1 heterocycles. The van der Waals surface area contributed by atoms with Gasteiger partial charge in [-0.25, -0.2) is 4.79 Å². The fourth-order valence-electron chi connectivity index (χ4n) is 3.32. The number of halogens is 2. The molecule has 0 spiro atoms. The van der Waals surface area contributed by atoms with Gasteiger partial charge in [-0.15, -0.1) is 0 Å². The molecule has 1 aliphatic rings. The van der Waals surface area contributed by atoms with Gasteiger partial charge >= 0.3 is 5.97 Å². The summed E-state index contributed by atoms with van der Waals surface area (Å²) in [5, 5.41) is 0.683. The first-order valence-electron chi connectivity index (χ1n) is 10.6. The van der Waals surface area contributed by atoms with Gasteiger partial charge in [0.25, 0.3) is 11.1 Å². The molecule has 0 N–H and O–H groups in total. The van der Waals surface area contributed by atoms with Crippen molar-refractivity contribution < 1.29 is 23.9 Å². The standard InChI is InChI=1S/C26H19Cl2NO5S/c1-2-33-22-13-16(6-11-21(22)34-25(31)18-7-9-19(27)10-8-18)14-23-24(30)29(26(32)35-23)15-17-4-3-5-20(28)12-17/h3-14H,2,15H2,1H3/b23-14-. The number of amides is 2. The van der Waals surface area contributed by atoms with Crippen LogP contribution in [0.25, 0.3) is 6.08 Å². The number of carbonyl (C=O) groups excluding carboxylic acids is 3. The molecule has 3 aromatic rings. The lowest BCUT2D eigenvalue weighted by atomic mass is 10.1. The van der Waals surface area contributed by atoms with E-state index in [1.165, 1.54) is 4.90 Å². The topological polar surface area (TPSA) is 72.9 Å². The van der Waals surface area contributed by atoms with Gasteiger partial charge in [-0.05, 0) is 84.4 Å². The van der Waals surface area contributed by atoms with Crippen LogP contribution in [0.5, 0.6) is 11.5 Å². The van der Waals surface area contributed by atoms with Gasteiger partial charge in [0.15, 0.2) is 11.5 Å². The Labute approximate surface area is 216 Å². The Bertz CT molecular complexity index is 1320. The minimum atomic E-state index is -0.558. The molecule has 0 unspecified atom stereocenters. The van der Waals surface area contributed by atoms with E-state index in [2.05, 4.69) is 0 Å². The maximum atomic E-state index is 12.9. The van der Waals surface area contributed by atoms with E-state index in [4.69, 9.17) is 32.7 Å². The molecule has 4 rings (SSSR count). The highest BCUT2D eigenvalue weighted by atomic mass is 35.5. The zero-order chi connectivity index (χ0) is 24.9. The molecular weight excluding hydrogens is 509 g/mol. The number of ether oxygens (including phenoxy) is 2. The molecule has 1 fully saturated rings. The first kappa shape index (κ1) is 24.9. The number of thioether (sulfide) groups is 1. The van der Waals surface area contributed by atoms with Crippen LogP contribution in [0.2, 0.25) is 10.0 Å². The normalized spacial score (nSPS) is 14.5. The zero-order valence-corrected chi connectivity index (χ0v) is 20.8. The summed E-state index contributed by atoms with van der Waals surface area (Å²) in [5.74, 6) is -0.381. The van der Waals surface area contributed by atoms with Gasteiger partial charge in [0, 0.05) is 10.0 Å². The Morgan fingerprint density at radius 2 is 1.74 bits per heavy atom. The van der Waals surface area contributed by atoms with Gasteiger partial charge < -0.3 is 9.47 Å².